The van der Waals surface area contributed by atoms with Gasteiger partial charge >= 0.3 is 12.1 Å². The van der Waals surface area contributed by atoms with Crippen LogP contribution in [0.25, 0.3) is 0 Å². The van der Waals surface area contributed by atoms with Crippen LogP contribution in [0.2, 0.25) is 0 Å². The number of carbonyl (C=O) groups is 4. The van der Waals surface area contributed by atoms with Crippen molar-refractivity contribution in [2.24, 2.45) is 5.92 Å². The Bertz CT molecular complexity index is 889. The number of anilines is 1. The van der Waals surface area contributed by atoms with Gasteiger partial charge in [0.05, 0.1) is 0 Å². The molecule has 0 bridgehead atoms. The van der Waals surface area contributed by atoms with Crippen molar-refractivity contribution in [3.8, 4) is 0 Å². The number of urea groups is 2. The van der Waals surface area contributed by atoms with E-state index in [1.807, 2.05) is 30.3 Å². The molecule has 2 saturated heterocycles. The smallest absolute Gasteiger partial charge is 0.325 e. The molecule has 1 aliphatic carbocycles. The molecule has 6 amide bonds. The fourth-order valence-electron chi connectivity index (χ4n) is 5.12. The van der Waals surface area contributed by atoms with Crippen LogP contribution in [0, 0.1) is 5.92 Å². The average Bonchev–Trinajstić information content (AvgIpc) is 3.04. The summed E-state index contributed by atoms with van der Waals surface area (Å²) in [5.41, 5.74) is -0.108. The second-order valence-electron chi connectivity index (χ2n) is 9.37. The summed E-state index contributed by atoms with van der Waals surface area (Å²) in [6.07, 6.45) is 5.45. The van der Waals surface area contributed by atoms with Gasteiger partial charge in [0.25, 0.3) is 5.91 Å². The molecule has 3 aliphatic rings. The first-order chi connectivity index (χ1) is 15.9. The molecule has 178 valence electrons. The van der Waals surface area contributed by atoms with E-state index in [0.717, 1.165) is 29.8 Å². The van der Waals surface area contributed by atoms with Gasteiger partial charge in [-0.1, -0.05) is 31.5 Å². The number of rotatable bonds is 5. The van der Waals surface area contributed by atoms with E-state index in [1.165, 1.54) is 0 Å². The highest BCUT2D eigenvalue weighted by Crippen LogP contribution is 2.37. The van der Waals surface area contributed by atoms with Gasteiger partial charge in [-0.05, 0) is 56.6 Å². The van der Waals surface area contributed by atoms with Crippen molar-refractivity contribution in [1.29, 1.82) is 0 Å². The molecule has 3 fully saturated rings. The summed E-state index contributed by atoms with van der Waals surface area (Å²) < 4.78 is 0. The molecule has 1 aromatic rings. The van der Waals surface area contributed by atoms with E-state index in [2.05, 4.69) is 22.9 Å². The number of hydrogen-bond acceptors (Lipinski definition) is 4. The molecule has 33 heavy (non-hydrogen) atoms. The molecule has 1 saturated carbocycles. The predicted octanol–water partition coefficient (Wildman–Crippen LogP) is 2.69. The average molecular weight is 456 g/mol. The number of piperidine rings is 1. The van der Waals surface area contributed by atoms with Crippen LogP contribution in [0.5, 0.6) is 0 Å². The van der Waals surface area contributed by atoms with Crippen molar-refractivity contribution in [2.75, 3.05) is 25.0 Å². The van der Waals surface area contributed by atoms with Gasteiger partial charge in [0.1, 0.15) is 12.1 Å². The fraction of sp³-hybridized carbons (Fsp3) is 0.583. The van der Waals surface area contributed by atoms with Gasteiger partial charge < -0.3 is 20.9 Å². The first-order valence-electron chi connectivity index (χ1n) is 11.9. The number of nitrogens with zero attached hydrogens (tertiary/aromatic N) is 2. The maximum Gasteiger partial charge on any atom is 0.325 e. The topological polar surface area (TPSA) is 111 Å². The quantitative estimate of drug-likeness (QED) is 0.593. The molecular formula is C24H33N5O4. The molecule has 1 aromatic carbocycles. The minimum Gasteiger partial charge on any atom is -0.341 e. The van der Waals surface area contributed by atoms with E-state index in [-0.39, 0.29) is 30.4 Å². The van der Waals surface area contributed by atoms with Crippen molar-refractivity contribution in [3.63, 3.8) is 0 Å². The molecule has 3 N–H and O–H groups in total. The zero-order chi connectivity index (χ0) is 23.4. The molecule has 0 radical (unpaired) electrons. The zero-order valence-electron chi connectivity index (χ0n) is 19.1. The number of para-hydroxylation sites is 1. The zero-order valence-corrected chi connectivity index (χ0v) is 19.1. The number of hydrogen-bond donors (Lipinski definition) is 3. The Hall–Kier alpha value is -3.10. The molecule has 4 rings (SSSR count). The van der Waals surface area contributed by atoms with E-state index in [1.54, 1.807) is 4.90 Å². The minimum absolute atomic E-state index is 0.0356. The summed E-state index contributed by atoms with van der Waals surface area (Å²) in [7, 11) is 0. The third kappa shape index (κ3) is 5.12. The van der Waals surface area contributed by atoms with Crippen LogP contribution in [0.4, 0.5) is 15.3 Å². The molecule has 2 heterocycles. The maximum atomic E-state index is 13.0. The van der Waals surface area contributed by atoms with Crippen molar-refractivity contribution in [3.05, 3.63) is 30.3 Å². The fourth-order valence-corrected chi connectivity index (χ4v) is 5.12. The molecular weight excluding hydrogens is 422 g/mol. The van der Waals surface area contributed by atoms with Crippen molar-refractivity contribution in [2.45, 2.75) is 63.5 Å². The highest BCUT2D eigenvalue weighted by molar-refractivity contribution is 6.09. The van der Waals surface area contributed by atoms with Crippen molar-refractivity contribution >= 4 is 29.6 Å². The number of benzene rings is 1. The van der Waals surface area contributed by atoms with Gasteiger partial charge in [-0.2, -0.15) is 0 Å². The molecule has 0 atom stereocenters. The van der Waals surface area contributed by atoms with E-state index < -0.39 is 11.6 Å². The van der Waals surface area contributed by atoms with E-state index in [4.69, 9.17) is 0 Å². The summed E-state index contributed by atoms with van der Waals surface area (Å²) in [5.74, 6) is 0.107. The largest absolute Gasteiger partial charge is 0.341 e. The number of carbonyl (C=O) groups excluding carboxylic acids is 4. The van der Waals surface area contributed by atoms with Gasteiger partial charge in [-0.3, -0.25) is 14.5 Å². The second-order valence-corrected chi connectivity index (χ2v) is 9.37. The summed E-state index contributed by atoms with van der Waals surface area (Å²) in [6, 6.07) is 8.45. The van der Waals surface area contributed by atoms with E-state index >= 15 is 0 Å². The number of imide groups is 1. The van der Waals surface area contributed by atoms with Crippen LogP contribution >= 0.6 is 0 Å². The van der Waals surface area contributed by atoms with Gasteiger partial charge in [-0.25, -0.2) is 9.59 Å². The lowest BCUT2D eigenvalue weighted by atomic mass is 9.75. The Morgan fingerprint density at radius 3 is 2.36 bits per heavy atom. The monoisotopic (exact) mass is 455 g/mol. The minimum atomic E-state index is -0.827. The lowest BCUT2D eigenvalue weighted by Gasteiger charge is -2.35. The lowest BCUT2D eigenvalue weighted by Crippen LogP contribution is -2.51. The third-order valence-electron chi connectivity index (χ3n) is 7.29. The highest BCUT2D eigenvalue weighted by Gasteiger charge is 2.52. The third-order valence-corrected chi connectivity index (χ3v) is 7.29. The molecule has 0 aromatic heterocycles. The molecule has 2 aliphatic heterocycles. The SMILES string of the molecule is CCC1CCC2(CC1)NC(=O)N(CC(=O)N1CCC(NC(=O)Nc3ccccc3)CC1)C2=O. The summed E-state index contributed by atoms with van der Waals surface area (Å²) >= 11 is 0. The lowest BCUT2D eigenvalue weighted by molar-refractivity contribution is -0.140. The van der Waals surface area contributed by atoms with Crippen molar-refractivity contribution < 1.29 is 19.2 Å². The Morgan fingerprint density at radius 1 is 1.06 bits per heavy atom. The number of nitrogens with one attached hydrogen (secondary N) is 3. The molecule has 9 nitrogen and oxygen atoms in total. The predicted molar refractivity (Wildman–Crippen MR) is 123 cm³/mol. The maximum absolute atomic E-state index is 13.0. The molecule has 0 unspecified atom stereocenters. The normalized spacial score (nSPS) is 25.8. The Labute approximate surface area is 194 Å². The van der Waals surface area contributed by atoms with Crippen LogP contribution < -0.4 is 16.0 Å². The van der Waals surface area contributed by atoms with Crippen molar-refractivity contribution in [1.82, 2.24) is 20.4 Å². The Kier molecular flexibility index (Phi) is 6.85. The van der Waals surface area contributed by atoms with Crippen LogP contribution in [0.3, 0.4) is 0 Å². The Morgan fingerprint density at radius 2 is 1.73 bits per heavy atom. The van der Waals surface area contributed by atoms with Gasteiger partial charge in [-0.15, -0.1) is 0 Å². The summed E-state index contributed by atoms with van der Waals surface area (Å²) in [4.78, 5) is 53.4. The number of amides is 6. The standard InChI is InChI=1S/C24H33N5O4/c1-2-17-8-12-24(13-9-17)21(31)29(23(33)27-24)16-20(30)28-14-10-19(11-15-28)26-22(32)25-18-6-4-3-5-7-18/h3-7,17,19H,2,8-16H2,1H3,(H,27,33)(H2,25,26,32). The van der Waals surface area contributed by atoms with Crippen LogP contribution in [0.1, 0.15) is 51.9 Å². The Balaban J connectivity index is 1.24. The van der Waals surface area contributed by atoms with Gasteiger partial charge in [0, 0.05) is 24.8 Å². The van der Waals surface area contributed by atoms with Crippen LogP contribution in [-0.2, 0) is 9.59 Å². The van der Waals surface area contributed by atoms with Gasteiger partial charge in [0.15, 0.2) is 0 Å². The first-order valence-corrected chi connectivity index (χ1v) is 11.9. The molecule has 9 heteroatoms. The first kappa shape index (κ1) is 23.1. The molecule has 1 spiro atoms. The summed E-state index contributed by atoms with van der Waals surface area (Å²) in [6.45, 7) is 2.87. The summed E-state index contributed by atoms with van der Waals surface area (Å²) in [5, 5.41) is 8.62. The van der Waals surface area contributed by atoms with E-state index in [9.17, 15) is 19.2 Å². The number of likely N-dealkylation sites (tertiary alicyclic amines) is 1. The van der Waals surface area contributed by atoms with Crippen LogP contribution in [-0.4, -0.2) is 64.9 Å². The van der Waals surface area contributed by atoms with Crippen LogP contribution in [0.15, 0.2) is 30.3 Å². The van der Waals surface area contributed by atoms with E-state index in [0.29, 0.717) is 44.7 Å². The second kappa shape index (κ2) is 9.80. The highest BCUT2D eigenvalue weighted by atomic mass is 16.2. The van der Waals surface area contributed by atoms with Gasteiger partial charge in [0.2, 0.25) is 5.91 Å².